The van der Waals surface area contributed by atoms with E-state index in [1.54, 1.807) is 11.8 Å². The molecule has 0 aromatic heterocycles. The van der Waals surface area contributed by atoms with Gasteiger partial charge in [-0.2, -0.15) is 0 Å². The maximum absolute atomic E-state index is 11.0. The van der Waals surface area contributed by atoms with E-state index in [4.69, 9.17) is 0 Å². The molecule has 0 fully saturated rings. The van der Waals surface area contributed by atoms with Gasteiger partial charge in [-0.3, -0.25) is 4.79 Å². The smallest absolute Gasteiger partial charge is 0.221 e. The van der Waals surface area contributed by atoms with Crippen LogP contribution >= 0.6 is 11.8 Å². The maximum atomic E-state index is 11.0. The summed E-state index contributed by atoms with van der Waals surface area (Å²) in [4.78, 5) is 12.1. The molecule has 1 unspecified atom stereocenters. The first-order chi connectivity index (χ1) is 11.1. The van der Waals surface area contributed by atoms with Crippen molar-refractivity contribution in [3.05, 3.63) is 60.2 Å². The summed E-state index contributed by atoms with van der Waals surface area (Å²) in [7, 11) is 0. The lowest BCUT2D eigenvalue weighted by atomic mass is 10.1. The molecule has 0 aliphatic rings. The molecule has 2 rings (SSSR count). The summed E-state index contributed by atoms with van der Waals surface area (Å²) in [6.45, 7) is 2.87. The van der Waals surface area contributed by atoms with Gasteiger partial charge in [0.05, 0.1) is 6.10 Å². The summed E-state index contributed by atoms with van der Waals surface area (Å²) < 4.78 is 0. The van der Waals surface area contributed by atoms with Crippen molar-refractivity contribution in [2.24, 2.45) is 0 Å². The standard InChI is InChI=1S/C18H22N2O2S/c1-14(21)20-16-7-9-17(10-8-16)23-12-11-19-13-18(22)15-5-3-2-4-6-15/h2-10,18-19,22H,11-13H2,1H3,(H,20,21). The molecule has 0 saturated heterocycles. The molecule has 0 aliphatic heterocycles. The second-order valence-electron chi connectivity index (χ2n) is 5.18. The van der Waals surface area contributed by atoms with Gasteiger partial charge in [-0.1, -0.05) is 30.3 Å². The van der Waals surface area contributed by atoms with Crippen LogP contribution in [-0.2, 0) is 4.79 Å². The fourth-order valence-corrected chi connectivity index (χ4v) is 2.92. The van der Waals surface area contributed by atoms with E-state index in [0.29, 0.717) is 6.54 Å². The first-order valence-corrected chi connectivity index (χ1v) is 8.58. The van der Waals surface area contributed by atoms with Crippen molar-refractivity contribution >= 4 is 23.4 Å². The van der Waals surface area contributed by atoms with Gasteiger partial charge in [0.1, 0.15) is 0 Å². The highest BCUT2D eigenvalue weighted by Gasteiger charge is 2.05. The number of carbonyl (C=O) groups is 1. The van der Waals surface area contributed by atoms with Crippen LogP contribution in [0, 0.1) is 0 Å². The number of carbonyl (C=O) groups excluding carboxylic acids is 1. The molecule has 0 radical (unpaired) electrons. The van der Waals surface area contributed by atoms with Gasteiger partial charge in [0.2, 0.25) is 5.91 Å². The third-order valence-electron chi connectivity index (χ3n) is 3.24. The van der Waals surface area contributed by atoms with E-state index in [1.165, 1.54) is 6.92 Å². The number of nitrogens with one attached hydrogen (secondary N) is 2. The Balaban J connectivity index is 1.64. The number of amides is 1. The Kier molecular flexibility index (Phi) is 7.13. The van der Waals surface area contributed by atoms with Crippen LogP contribution in [-0.4, -0.2) is 29.9 Å². The molecule has 0 spiro atoms. The van der Waals surface area contributed by atoms with Gasteiger partial charge in [-0.15, -0.1) is 11.8 Å². The van der Waals surface area contributed by atoms with Crippen molar-refractivity contribution in [2.45, 2.75) is 17.9 Å². The second-order valence-corrected chi connectivity index (χ2v) is 6.35. The van der Waals surface area contributed by atoms with E-state index in [2.05, 4.69) is 10.6 Å². The molecule has 2 aromatic carbocycles. The molecule has 0 saturated carbocycles. The molecule has 0 bridgehead atoms. The highest BCUT2D eigenvalue weighted by Crippen LogP contribution is 2.20. The molecule has 23 heavy (non-hydrogen) atoms. The number of aliphatic hydroxyl groups excluding tert-OH is 1. The molecule has 0 aliphatic carbocycles. The fraction of sp³-hybridized carbons (Fsp3) is 0.278. The summed E-state index contributed by atoms with van der Waals surface area (Å²) >= 11 is 1.74. The van der Waals surface area contributed by atoms with Gasteiger partial charge in [0.25, 0.3) is 0 Å². The van der Waals surface area contributed by atoms with Crippen LogP contribution < -0.4 is 10.6 Å². The number of anilines is 1. The number of hydrogen-bond donors (Lipinski definition) is 3. The molecule has 122 valence electrons. The zero-order valence-electron chi connectivity index (χ0n) is 13.2. The molecule has 1 amide bonds. The molecule has 0 heterocycles. The lowest BCUT2D eigenvalue weighted by molar-refractivity contribution is -0.114. The predicted molar refractivity (Wildman–Crippen MR) is 95.7 cm³/mol. The molecular weight excluding hydrogens is 308 g/mol. The first-order valence-electron chi connectivity index (χ1n) is 7.59. The van der Waals surface area contributed by atoms with Gasteiger partial charge in [-0.05, 0) is 29.8 Å². The largest absolute Gasteiger partial charge is 0.387 e. The number of hydrogen-bond acceptors (Lipinski definition) is 4. The lowest BCUT2D eigenvalue weighted by Crippen LogP contribution is -2.23. The minimum absolute atomic E-state index is 0.0634. The predicted octanol–water partition coefficient (Wildman–Crippen LogP) is 3.06. The summed E-state index contributed by atoms with van der Waals surface area (Å²) in [6.07, 6.45) is -0.474. The third kappa shape index (κ3) is 6.44. The van der Waals surface area contributed by atoms with Crippen molar-refractivity contribution in [1.29, 1.82) is 0 Å². The monoisotopic (exact) mass is 330 g/mol. The Morgan fingerprint density at radius 3 is 2.48 bits per heavy atom. The quantitative estimate of drug-likeness (QED) is 0.514. The van der Waals surface area contributed by atoms with Crippen molar-refractivity contribution < 1.29 is 9.90 Å². The van der Waals surface area contributed by atoms with Gasteiger partial charge >= 0.3 is 0 Å². The van der Waals surface area contributed by atoms with E-state index < -0.39 is 6.10 Å². The van der Waals surface area contributed by atoms with Crippen LogP contribution in [0.15, 0.2) is 59.5 Å². The van der Waals surface area contributed by atoms with E-state index in [9.17, 15) is 9.90 Å². The highest BCUT2D eigenvalue weighted by atomic mass is 32.2. The van der Waals surface area contributed by atoms with E-state index >= 15 is 0 Å². The summed E-state index contributed by atoms with van der Waals surface area (Å²) in [6, 6.07) is 17.4. The molecule has 5 heteroatoms. The van der Waals surface area contributed by atoms with E-state index in [-0.39, 0.29) is 5.91 Å². The first kappa shape index (κ1) is 17.5. The molecule has 2 aromatic rings. The van der Waals surface area contributed by atoms with Gasteiger partial charge in [0.15, 0.2) is 0 Å². The van der Waals surface area contributed by atoms with Crippen molar-refractivity contribution in [2.75, 3.05) is 24.2 Å². The number of aliphatic hydroxyl groups is 1. The van der Waals surface area contributed by atoms with Gasteiger partial charge in [0, 0.05) is 36.3 Å². The second kappa shape index (κ2) is 9.35. The minimum Gasteiger partial charge on any atom is -0.387 e. The molecule has 3 N–H and O–H groups in total. The Labute approximate surface area is 141 Å². The Bertz CT molecular complexity index is 602. The number of rotatable bonds is 8. The van der Waals surface area contributed by atoms with Crippen LogP contribution in [0.1, 0.15) is 18.6 Å². The van der Waals surface area contributed by atoms with Crippen LogP contribution in [0.3, 0.4) is 0 Å². The normalized spacial score (nSPS) is 11.9. The fourth-order valence-electron chi connectivity index (χ4n) is 2.11. The SMILES string of the molecule is CC(=O)Nc1ccc(SCCNCC(O)c2ccccc2)cc1. The summed E-state index contributed by atoms with van der Waals surface area (Å²) in [5.41, 5.74) is 1.74. The van der Waals surface area contributed by atoms with Crippen LogP contribution in [0.5, 0.6) is 0 Å². The topological polar surface area (TPSA) is 61.4 Å². The van der Waals surface area contributed by atoms with Crippen LogP contribution in [0.2, 0.25) is 0 Å². The van der Waals surface area contributed by atoms with Gasteiger partial charge < -0.3 is 15.7 Å². The van der Waals surface area contributed by atoms with Crippen LogP contribution in [0.25, 0.3) is 0 Å². The molecule has 1 atom stereocenters. The van der Waals surface area contributed by atoms with E-state index in [1.807, 2.05) is 54.6 Å². The highest BCUT2D eigenvalue weighted by molar-refractivity contribution is 7.99. The van der Waals surface area contributed by atoms with Crippen molar-refractivity contribution in [1.82, 2.24) is 5.32 Å². The average molecular weight is 330 g/mol. The minimum atomic E-state index is -0.474. The Morgan fingerprint density at radius 1 is 1.13 bits per heavy atom. The zero-order chi connectivity index (χ0) is 16.5. The van der Waals surface area contributed by atoms with Gasteiger partial charge in [-0.25, -0.2) is 0 Å². The third-order valence-corrected chi connectivity index (χ3v) is 4.26. The average Bonchev–Trinajstić information content (AvgIpc) is 2.56. The maximum Gasteiger partial charge on any atom is 0.221 e. The number of thioether (sulfide) groups is 1. The van der Waals surface area contributed by atoms with Crippen molar-refractivity contribution in [3.8, 4) is 0 Å². The summed E-state index contributed by atoms with van der Waals surface area (Å²) in [5.74, 6) is 0.854. The van der Waals surface area contributed by atoms with Crippen molar-refractivity contribution in [3.63, 3.8) is 0 Å². The zero-order valence-corrected chi connectivity index (χ0v) is 14.0. The number of benzene rings is 2. The van der Waals surface area contributed by atoms with E-state index in [0.717, 1.165) is 28.4 Å². The molecule has 4 nitrogen and oxygen atoms in total. The lowest BCUT2D eigenvalue weighted by Gasteiger charge is -2.12. The Morgan fingerprint density at radius 2 is 1.83 bits per heavy atom. The summed E-state index contributed by atoms with van der Waals surface area (Å²) in [5, 5.41) is 16.0. The van der Waals surface area contributed by atoms with Crippen LogP contribution in [0.4, 0.5) is 5.69 Å². The molecular formula is C18H22N2O2S. The Hall–Kier alpha value is -1.82.